The molecule has 5 nitrogen and oxygen atoms in total. The molecule has 2 aromatic heterocycles. The third-order valence-electron chi connectivity index (χ3n) is 3.54. The van der Waals surface area contributed by atoms with E-state index in [1.54, 1.807) is 12.7 Å². The van der Waals surface area contributed by atoms with Crippen molar-refractivity contribution in [1.29, 1.82) is 0 Å². The highest BCUT2D eigenvalue weighted by Gasteiger charge is 2.25. The van der Waals surface area contributed by atoms with E-state index < -0.39 is 0 Å². The van der Waals surface area contributed by atoms with Crippen LogP contribution in [0.1, 0.15) is 25.7 Å². The van der Waals surface area contributed by atoms with Crippen LogP contribution in [-0.2, 0) is 0 Å². The highest BCUT2D eigenvalue weighted by Crippen LogP contribution is 2.28. The molecule has 0 aromatic carbocycles. The molecular weight excluding hydrogens is 250 g/mol. The largest absolute Gasteiger partial charge is 0.352 e. The number of piperidine rings is 1. The molecular formula is C12H16ClN5. The van der Waals surface area contributed by atoms with Crippen LogP contribution in [0.4, 0.5) is 5.82 Å². The van der Waals surface area contributed by atoms with Crippen molar-refractivity contribution in [3.05, 3.63) is 12.7 Å². The van der Waals surface area contributed by atoms with Crippen molar-refractivity contribution in [2.45, 2.75) is 31.7 Å². The lowest BCUT2D eigenvalue weighted by Gasteiger charge is -2.36. The summed E-state index contributed by atoms with van der Waals surface area (Å²) >= 11 is 5.91. The summed E-state index contributed by atoms with van der Waals surface area (Å²) < 4.78 is 0. The van der Waals surface area contributed by atoms with Gasteiger partial charge in [0.05, 0.1) is 6.33 Å². The number of rotatable bonds is 3. The second-order valence-corrected chi connectivity index (χ2v) is 5.00. The van der Waals surface area contributed by atoms with Crippen LogP contribution in [0.5, 0.6) is 0 Å². The zero-order chi connectivity index (χ0) is 12.4. The standard InChI is InChI=1S/C12H16ClN5/c13-5-4-9-3-1-2-6-18(9)12-10-11(15-7-14-10)16-8-17-12/h7-9H,1-6H2,(H,14,15,16,17). The molecule has 3 heterocycles. The number of hydrogen-bond donors (Lipinski definition) is 1. The molecule has 2 aromatic rings. The minimum Gasteiger partial charge on any atom is -0.352 e. The number of H-pyrrole nitrogens is 1. The highest BCUT2D eigenvalue weighted by molar-refractivity contribution is 6.17. The maximum Gasteiger partial charge on any atom is 0.182 e. The first-order valence-corrected chi connectivity index (χ1v) is 6.90. The van der Waals surface area contributed by atoms with E-state index in [2.05, 4.69) is 24.8 Å². The van der Waals surface area contributed by atoms with Crippen LogP contribution in [-0.4, -0.2) is 38.4 Å². The van der Waals surface area contributed by atoms with Gasteiger partial charge in [-0.2, -0.15) is 0 Å². The van der Waals surface area contributed by atoms with E-state index in [9.17, 15) is 0 Å². The predicted octanol–water partition coefficient (Wildman–Crippen LogP) is 2.34. The Balaban J connectivity index is 1.98. The normalized spacial score (nSPS) is 20.5. The van der Waals surface area contributed by atoms with Crippen LogP contribution in [0, 0.1) is 0 Å². The number of anilines is 1. The topological polar surface area (TPSA) is 57.7 Å². The summed E-state index contributed by atoms with van der Waals surface area (Å²) in [5.41, 5.74) is 1.66. The van der Waals surface area contributed by atoms with Gasteiger partial charge in [-0.3, -0.25) is 0 Å². The Hall–Kier alpha value is -1.36. The lowest BCUT2D eigenvalue weighted by Crippen LogP contribution is -2.40. The second-order valence-electron chi connectivity index (χ2n) is 4.62. The molecule has 1 N–H and O–H groups in total. The van der Waals surface area contributed by atoms with Crippen molar-refractivity contribution in [2.24, 2.45) is 0 Å². The summed E-state index contributed by atoms with van der Waals surface area (Å²) in [7, 11) is 0. The summed E-state index contributed by atoms with van der Waals surface area (Å²) in [4.78, 5) is 18.3. The van der Waals surface area contributed by atoms with Crippen molar-refractivity contribution in [3.63, 3.8) is 0 Å². The van der Waals surface area contributed by atoms with Crippen molar-refractivity contribution < 1.29 is 0 Å². The number of nitrogens with zero attached hydrogens (tertiary/aromatic N) is 4. The summed E-state index contributed by atoms with van der Waals surface area (Å²) in [5, 5.41) is 0. The van der Waals surface area contributed by atoms with Crippen molar-refractivity contribution in [3.8, 4) is 0 Å². The molecule has 3 rings (SSSR count). The third kappa shape index (κ3) is 2.03. The molecule has 0 bridgehead atoms. The first-order valence-electron chi connectivity index (χ1n) is 6.37. The maximum absolute atomic E-state index is 5.91. The van der Waals surface area contributed by atoms with Crippen LogP contribution in [0.25, 0.3) is 11.2 Å². The molecule has 96 valence electrons. The molecule has 1 unspecified atom stereocenters. The fourth-order valence-corrected chi connectivity index (χ4v) is 2.93. The fourth-order valence-electron chi connectivity index (χ4n) is 2.68. The molecule has 6 heteroatoms. The Bertz CT molecular complexity index is 524. The van der Waals surface area contributed by atoms with Crippen molar-refractivity contribution in [1.82, 2.24) is 19.9 Å². The third-order valence-corrected chi connectivity index (χ3v) is 3.76. The summed E-state index contributed by atoms with van der Waals surface area (Å²) in [6.07, 6.45) is 7.93. The van der Waals surface area contributed by atoms with Gasteiger partial charge in [-0.1, -0.05) is 0 Å². The number of halogens is 1. The summed E-state index contributed by atoms with van der Waals surface area (Å²) in [6.45, 7) is 1.03. The van der Waals surface area contributed by atoms with Gasteiger partial charge in [0.2, 0.25) is 0 Å². The Morgan fingerprint density at radius 3 is 3.17 bits per heavy atom. The van der Waals surface area contributed by atoms with E-state index in [1.807, 2.05) is 0 Å². The van der Waals surface area contributed by atoms with Crippen molar-refractivity contribution in [2.75, 3.05) is 17.3 Å². The highest BCUT2D eigenvalue weighted by atomic mass is 35.5. The van der Waals surface area contributed by atoms with Crippen LogP contribution in [0.3, 0.4) is 0 Å². The SMILES string of the molecule is ClCCC1CCCCN1c1ncnc2nc[nH]c12. The van der Waals surface area contributed by atoms with Crippen LogP contribution in [0.2, 0.25) is 0 Å². The fraction of sp³-hybridized carbons (Fsp3) is 0.583. The number of fused-ring (bicyclic) bond motifs is 1. The smallest absolute Gasteiger partial charge is 0.182 e. The van der Waals surface area contributed by atoms with Crippen LogP contribution >= 0.6 is 11.6 Å². The first kappa shape index (κ1) is 11.7. The lowest BCUT2D eigenvalue weighted by molar-refractivity contribution is 0.449. The number of alkyl halides is 1. The molecule has 1 aliphatic rings. The van der Waals surface area contributed by atoms with Gasteiger partial charge in [-0.25, -0.2) is 15.0 Å². The Morgan fingerprint density at radius 2 is 2.28 bits per heavy atom. The number of nitrogens with one attached hydrogen (secondary N) is 1. The number of aromatic nitrogens is 4. The van der Waals surface area contributed by atoms with E-state index in [1.165, 1.54) is 19.3 Å². The van der Waals surface area contributed by atoms with Gasteiger partial charge in [0, 0.05) is 18.5 Å². The molecule has 0 aliphatic carbocycles. The average Bonchev–Trinajstić information content (AvgIpc) is 2.88. The van der Waals surface area contributed by atoms with E-state index in [0.29, 0.717) is 11.9 Å². The van der Waals surface area contributed by atoms with E-state index in [0.717, 1.165) is 29.9 Å². The quantitative estimate of drug-likeness (QED) is 0.866. The van der Waals surface area contributed by atoms with Crippen molar-refractivity contribution >= 4 is 28.6 Å². The first-order chi connectivity index (χ1) is 8.90. The molecule has 1 atom stereocenters. The van der Waals surface area contributed by atoms with Gasteiger partial charge in [0.25, 0.3) is 0 Å². The van der Waals surface area contributed by atoms with Gasteiger partial charge >= 0.3 is 0 Å². The average molecular weight is 266 g/mol. The van der Waals surface area contributed by atoms with Gasteiger partial charge in [-0.05, 0) is 25.7 Å². The predicted molar refractivity (Wildman–Crippen MR) is 72.0 cm³/mol. The number of hydrogen-bond acceptors (Lipinski definition) is 4. The summed E-state index contributed by atoms with van der Waals surface area (Å²) in [6, 6.07) is 0.484. The molecule has 0 spiro atoms. The van der Waals surface area contributed by atoms with Gasteiger partial charge < -0.3 is 9.88 Å². The van der Waals surface area contributed by atoms with E-state index in [-0.39, 0.29) is 0 Å². The van der Waals surface area contributed by atoms with Crippen LogP contribution < -0.4 is 4.90 Å². The Kier molecular flexibility index (Phi) is 3.32. The zero-order valence-electron chi connectivity index (χ0n) is 10.1. The molecule has 18 heavy (non-hydrogen) atoms. The molecule has 0 saturated carbocycles. The molecule has 1 fully saturated rings. The molecule has 0 radical (unpaired) electrons. The van der Waals surface area contributed by atoms with Gasteiger partial charge in [0.15, 0.2) is 11.5 Å². The number of aromatic amines is 1. The Labute approximate surface area is 111 Å². The van der Waals surface area contributed by atoms with Gasteiger partial charge in [-0.15, -0.1) is 11.6 Å². The molecule has 0 amide bonds. The zero-order valence-corrected chi connectivity index (χ0v) is 10.9. The van der Waals surface area contributed by atoms with Gasteiger partial charge in [0.1, 0.15) is 11.8 Å². The minimum absolute atomic E-state index is 0.484. The monoisotopic (exact) mass is 265 g/mol. The number of imidazole rings is 1. The Morgan fingerprint density at radius 1 is 1.33 bits per heavy atom. The molecule has 1 saturated heterocycles. The lowest BCUT2D eigenvalue weighted by atomic mass is 10.00. The minimum atomic E-state index is 0.484. The summed E-state index contributed by atoms with van der Waals surface area (Å²) in [5.74, 6) is 1.66. The van der Waals surface area contributed by atoms with E-state index >= 15 is 0 Å². The molecule has 1 aliphatic heterocycles. The van der Waals surface area contributed by atoms with Crippen LogP contribution in [0.15, 0.2) is 12.7 Å². The second kappa shape index (κ2) is 5.10. The van der Waals surface area contributed by atoms with E-state index in [4.69, 9.17) is 11.6 Å². The maximum atomic E-state index is 5.91.